The SMILES string of the molecule is COC(=O)C(C)(COc1ccccc1)NCC(=O)Nc1ccccc1C(=O)NC1CC1. The zero-order chi connectivity index (χ0) is 22.3. The number of nitrogens with one attached hydrogen (secondary N) is 3. The summed E-state index contributed by atoms with van der Waals surface area (Å²) >= 11 is 0. The van der Waals surface area contributed by atoms with E-state index in [0.29, 0.717) is 17.0 Å². The second kappa shape index (κ2) is 10.1. The average molecular weight is 425 g/mol. The second-order valence-electron chi connectivity index (χ2n) is 7.62. The van der Waals surface area contributed by atoms with E-state index in [1.807, 2.05) is 18.2 Å². The molecule has 31 heavy (non-hydrogen) atoms. The summed E-state index contributed by atoms with van der Waals surface area (Å²) in [4.78, 5) is 37.3. The number of amides is 2. The smallest absolute Gasteiger partial charge is 0.329 e. The molecule has 0 heterocycles. The molecular formula is C23H27N3O5. The number of carbonyl (C=O) groups excluding carboxylic acids is 3. The van der Waals surface area contributed by atoms with Crippen LogP contribution in [0.3, 0.4) is 0 Å². The van der Waals surface area contributed by atoms with Gasteiger partial charge in [-0.15, -0.1) is 0 Å². The van der Waals surface area contributed by atoms with Gasteiger partial charge in [-0.2, -0.15) is 0 Å². The molecule has 3 rings (SSSR count). The van der Waals surface area contributed by atoms with Gasteiger partial charge in [-0.3, -0.25) is 14.9 Å². The van der Waals surface area contributed by atoms with Crippen LogP contribution in [-0.2, 0) is 14.3 Å². The minimum atomic E-state index is -1.25. The predicted octanol–water partition coefficient (Wildman–Crippen LogP) is 2.12. The van der Waals surface area contributed by atoms with Crippen molar-refractivity contribution in [3.05, 3.63) is 60.2 Å². The first-order valence-electron chi connectivity index (χ1n) is 10.1. The molecule has 0 aromatic heterocycles. The molecule has 2 aromatic rings. The first-order valence-corrected chi connectivity index (χ1v) is 10.1. The Morgan fingerprint density at radius 1 is 1.03 bits per heavy atom. The van der Waals surface area contributed by atoms with Crippen LogP contribution in [0.1, 0.15) is 30.1 Å². The first-order chi connectivity index (χ1) is 14.9. The lowest BCUT2D eigenvalue weighted by Crippen LogP contribution is -2.56. The van der Waals surface area contributed by atoms with E-state index in [-0.39, 0.29) is 25.1 Å². The molecule has 1 fully saturated rings. The van der Waals surface area contributed by atoms with E-state index in [1.165, 1.54) is 7.11 Å². The fourth-order valence-electron chi connectivity index (χ4n) is 2.90. The third-order valence-electron chi connectivity index (χ3n) is 4.90. The molecule has 0 aliphatic heterocycles. The summed E-state index contributed by atoms with van der Waals surface area (Å²) in [7, 11) is 1.28. The van der Waals surface area contributed by atoms with Crippen molar-refractivity contribution in [2.24, 2.45) is 0 Å². The van der Waals surface area contributed by atoms with Crippen LogP contribution in [0.15, 0.2) is 54.6 Å². The average Bonchev–Trinajstić information content (AvgIpc) is 3.60. The molecule has 2 amide bonds. The quantitative estimate of drug-likeness (QED) is 0.504. The summed E-state index contributed by atoms with van der Waals surface area (Å²) in [5.41, 5.74) is -0.441. The molecule has 8 heteroatoms. The Morgan fingerprint density at radius 2 is 1.71 bits per heavy atom. The van der Waals surface area contributed by atoms with E-state index in [4.69, 9.17) is 9.47 Å². The molecule has 2 aromatic carbocycles. The fraction of sp³-hybridized carbons (Fsp3) is 0.348. The summed E-state index contributed by atoms with van der Waals surface area (Å²) in [5.74, 6) is -0.580. The van der Waals surface area contributed by atoms with Crippen LogP contribution in [0.5, 0.6) is 5.75 Å². The molecule has 0 radical (unpaired) electrons. The van der Waals surface area contributed by atoms with E-state index in [1.54, 1.807) is 43.3 Å². The normalized spacial score (nSPS) is 14.8. The van der Waals surface area contributed by atoms with E-state index in [9.17, 15) is 14.4 Å². The van der Waals surface area contributed by atoms with Crippen molar-refractivity contribution in [3.63, 3.8) is 0 Å². The van der Waals surface area contributed by atoms with Crippen molar-refractivity contribution in [2.75, 3.05) is 25.6 Å². The number of anilines is 1. The van der Waals surface area contributed by atoms with E-state index in [0.717, 1.165) is 12.8 Å². The number of para-hydroxylation sites is 2. The number of methoxy groups -OCH3 is 1. The molecule has 1 unspecified atom stereocenters. The Labute approximate surface area is 181 Å². The Bertz CT molecular complexity index is 930. The van der Waals surface area contributed by atoms with E-state index < -0.39 is 17.4 Å². The monoisotopic (exact) mass is 425 g/mol. The molecule has 1 atom stereocenters. The van der Waals surface area contributed by atoms with Gasteiger partial charge in [0.05, 0.1) is 24.9 Å². The molecule has 164 valence electrons. The number of benzene rings is 2. The summed E-state index contributed by atoms with van der Waals surface area (Å²) in [6, 6.07) is 16.1. The Hall–Kier alpha value is -3.39. The van der Waals surface area contributed by atoms with Gasteiger partial charge < -0.3 is 20.1 Å². The lowest BCUT2D eigenvalue weighted by atomic mass is 10.0. The minimum Gasteiger partial charge on any atom is -0.491 e. The van der Waals surface area contributed by atoms with E-state index >= 15 is 0 Å². The number of rotatable bonds is 10. The Balaban J connectivity index is 1.60. The largest absolute Gasteiger partial charge is 0.491 e. The van der Waals surface area contributed by atoms with Crippen molar-refractivity contribution in [2.45, 2.75) is 31.3 Å². The predicted molar refractivity (Wildman–Crippen MR) is 116 cm³/mol. The molecule has 1 aliphatic rings. The van der Waals surface area contributed by atoms with Crippen molar-refractivity contribution in [1.29, 1.82) is 0 Å². The highest BCUT2D eigenvalue weighted by atomic mass is 16.5. The third-order valence-corrected chi connectivity index (χ3v) is 4.90. The summed E-state index contributed by atoms with van der Waals surface area (Å²) < 4.78 is 10.6. The standard InChI is InChI=1S/C23H27N3O5/c1-23(22(29)30-2,15-31-17-8-4-3-5-9-17)24-14-20(27)26-19-11-7-6-10-18(19)21(28)25-16-12-13-16/h3-11,16,24H,12-15H2,1-2H3,(H,25,28)(H,26,27). The number of ether oxygens (including phenoxy) is 2. The Kier molecular flexibility index (Phi) is 7.25. The molecule has 0 spiro atoms. The van der Waals surface area contributed by atoms with Crippen LogP contribution < -0.4 is 20.7 Å². The van der Waals surface area contributed by atoms with E-state index in [2.05, 4.69) is 16.0 Å². The second-order valence-corrected chi connectivity index (χ2v) is 7.62. The summed E-state index contributed by atoms with van der Waals surface area (Å²) in [6.45, 7) is 1.39. The maximum Gasteiger partial charge on any atom is 0.329 e. The van der Waals surface area contributed by atoms with Crippen molar-refractivity contribution in [3.8, 4) is 5.75 Å². The maximum atomic E-state index is 12.6. The van der Waals surface area contributed by atoms with Crippen LogP contribution in [-0.4, -0.2) is 49.6 Å². The topological polar surface area (TPSA) is 106 Å². The van der Waals surface area contributed by atoms with Crippen LogP contribution in [0.4, 0.5) is 5.69 Å². The molecule has 1 aliphatic carbocycles. The summed E-state index contributed by atoms with van der Waals surface area (Å²) in [5, 5.41) is 8.56. The lowest BCUT2D eigenvalue weighted by Gasteiger charge is -2.27. The van der Waals surface area contributed by atoms with Crippen molar-refractivity contribution >= 4 is 23.5 Å². The zero-order valence-electron chi connectivity index (χ0n) is 17.6. The van der Waals surface area contributed by atoms with Crippen LogP contribution in [0.25, 0.3) is 0 Å². The first kappa shape index (κ1) is 22.3. The van der Waals surface area contributed by atoms with Gasteiger partial charge in [-0.25, -0.2) is 4.79 Å². The Morgan fingerprint density at radius 3 is 2.39 bits per heavy atom. The van der Waals surface area contributed by atoms with Crippen LogP contribution >= 0.6 is 0 Å². The van der Waals surface area contributed by atoms with Crippen LogP contribution in [0.2, 0.25) is 0 Å². The van der Waals surface area contributed by atoms with Crippen LogP contribution in [0, 0.1) is 0 Å². The highest BCUT2D eigenvalue weighted by Crippen LogP contribution is 2.21. The maximum absolute atomic E-state index is 12.6. The fourth-order valence-corrected chi connectivity index (χ4v) is 2.90. The number of hydrogen-bond acceptors (Lipinski definition) is 6. The number of hydrogen-bond donors (Lipinski definition) is 3. The molecular weight excluding hydrogens is 398 g/mol. The van der Waals surface area contributed by atoms with Crippen molar-refractivity contribution in [1.82, 2.24) is 10.6 Å². The molecule has 3 N–H and O–H groups in total. The highest BCUT2D eigenvalue weighted by Gasteiger charge is 2.36. The number of esters is 1. The van der Waals surface area contributed by atoms with Gasteiger partial charge in [-0.05, 0) is 44.0 Å². The highest BCUT2D eigenvalue weighted by molar-refractivity contribution is 6.04. The lowest BCUT2D eigenvalue weighted by molar-refractivity contribution is -0.149. The molecule has 8 nitrogen and oxygen atoms in total. The minimum absolute atomic E-state index is 0.0304. The zero-order valence-corrected chi connectivity index (χ0v) is 17.6. The van der Waals surface area contributed by atoms with Gasteiger partial charge in [0.2, 0.25) is 5.91 Å². The van der Waals surface area contributed by atoms with Gasteiger partial charge in [-0.1, -0.05) is 30.3 Å². The van der Waals surface area contributed by atoms with Gasteiger partial charge in [0.15, 0.2) is 0 Å². The number of carbonyl (C=O) groups is 3. The van der Waals surface area contributed by atoms with Gasteiger partial charge >= 0.3 is 5.97 Å². The van der Waals surface area contributed by atoms with Crippen molar-refractivity contribution < 1.29 is 23.9 Å². The van der Waals surface area contributed by atoms with Gasteiger partial charge in [0.25, 0.3) is 5.91 Å². The molecule has 1 saturated carbocycles. The third kappa shape index (κ3) is 6.29. The van der Waals surface area contributed by atoms with Gasteiger partial charge in [0.1, 0.15) is 17.9 Å². The summed E-state index contributed by atoms with van der Waals surface area (Å²) in [6.07, 6.45) is 1.95. The molecule has 0 bridgehead atoms. The molecule has 0 saturated heterocycles. The van der Waals surface area contributed by atoms with Gasteiger partial charge in [0, 0.05) is 6.04 Å².